The quantitative estimate of drug-likeness (QED) is 0.359. The van der Waals surface area contributed by atoms with E-state index in [2.05, 4.69) is 20.9 Å². The molecule has 6 heteroatoms. The van der Waals surface area contributed by atoms with Gasteiger partial charge in [-0.2, -0.15) is 0 Å². The van der Waals surface area contributed by atoms with Gasteiger partial charge in [0.05, 0.1) is 11.1 Å². The van der Waals surface area contributed by atoms with Crippen LogP contribution in [0.1, 0.15) is 20.7 Å². The molecule has 0 aliphatic heterocycles. The van der Waals surface area contributed by atoms with Crippen molar-refractivity contribution in [1.29, 1.82) is 0 Å². The maximum atomic E-state index is 12.3. The number of aromatic nitrogens is 1. The van der Waals surface area contributed by atoms with Gasteiger partial charge in [0.25, 0.3) is 0 Å². The van der Waals surface area contributed by atoms with E-state index < -0.39 is 5.97 Å². The summed E-state index contributed by atoms with van der Waals surface area (Å²) in [5, 5.41) is 0.822. The molecule has 0 amide bonds. The number of carbonyl (C=O) groups is 2. The Morgan fingerprint density at radius 3 is 2.54 bits per heavy atom. The lowest BCUT2D eigenvalue weighted by molar-refractivity contribution is 0.0476. The van der Waals surface area contributed by atoms with E-state index in [1.165, 1.54) is 6.07 Å². The number of hydrogen-bond donors (Lipinski definition) is 0. The lowest BCUT2D eigenvalue weighted by Crippen LogP contribution is -2.14. The number of benzene rings is 2. The number of ketones is 1. The fourth-order valence-corrected chi connectivity index (χ4v) is 2.70. The normalized spacial score (nSPS) is 10.6. The van der Waals surface area contributed by atoms with Crippen LogP contribution in [-0.4, -0.2) is 23.3 Å². The molecule has 1 heterocycles. The second kappa shape index (κ2) is 7.11. The molecule has 0 atom stereocenters. The molecule has 0 fully saturated rings. The van der Waals surface area contributed by atoms with Gasteiger partial charge in [-0.3, -0.25) is 4.79 Å². The second-order valence-corrected chi connectivity index (χ2v) is 6.32. The first-order valence-corrected chi connectivity index (χ1v) is 8.23. The molecule has 2 aromatic carbocycles. The smallest absolute Gasteiger partial charge is 0.339 e. The molecule has 0 saturated carbocycles. The van der Waals surface area contributed by atoms with Crippen LogP contribution in [0.3, 0.4) is 0 Å². The second-order valence-electron chi connectivity index (χ2n) is 5.02. The highest BCUT2D eigenvalue weighted by Gasteiger charge is 2.16. The third kappa shape index (κ3) is 3.63. The molecule has 0 aliphatic carbocycles. The summed E-state index contributed by atoms with van der Waals surface area (Å²) in [6.45, 7) is -0.339. The van der Waals surface area contributed by atoms with Gasteiger partial charge in [-0.1, -0.05) is 57.9 Å². The van der Waals surface area contributed by atoms with E-state index in [9.17, 15) is 9.59 Å². The van der Waals surface area contributed by atoms with Crippen LogP contribution in [0.15, 0.2) is 59.1 Å². The Balaban J connectivity index is 1.78. The summed E-state index contributed by atoms with van der Waals surface area (Å²) in [6, 6.07) is 15.4. The number of para-hydroxylation sites is 1. The van der Waals surface area contributed by atoms with Gasteiger partial charge in [0.1, 0.15) is 5.15 Å². The number of pyridine rings is 1. The summed E-state index contributed by atoms with van der Waals surface area (Å²) in [5.74, 6) is -0.888. The highest BCUT2D eigenvalue weighted by molar-refractivity contribution is 9.10. The topological polar surface area (TPSA) is 56.3 Å². The van der Waals surface area contributed by atoms with Gasteiger partial charge in [-0.05, 0) is 24.3 Å². The van der Waals surface area contributed by atoms with Gasteiger partial charge in [0.15, 0.2) is 12.4 Å². The van der Waals surface area contributed by atoms with Gasteiger partial charge in [-0.25, -0.2) is 9.78 Å². The van der Waals surface area contributed by atoms with Crippen molar-refractivity contribution in [1.82, 2.24) is 4.98 Å². The molecule has 120 valence electrons. The summed E-state index contributed by atoms with van der Waals surface area (Å²) in [5.41, 5.74) is 1.36. The van der Waals surface area contributed by atoms with Gasteiger partial charge >= 0.3 is 5.97 Å². The maximum absolute atomic E-state index is 12.3. The van der Waals surface area contributed by atoms with Crippen molar-refractivity contribution in [3.05, 3.63) is 75.4 Å². The lowest BCUT2D eigenvalue weighted by Gasteiger charge is -2.08. The number of halogens is 2. The molecule has 0 radical (unpaired) electrons. The van der Waals surface area contributed by atoms with Crippen LogP contribution in [-0.2, 0) is 4.74 Å². The number of hydrogen-bond acceptors (Lipinski definition) is 4. The van der Waals surface area contributed by atoms with E-state index in [-0.39, 0.29) is 23.1 Å². The van der Waals surface area contributed by atoms with Crippen LogP contribution in [0.25, 0.3) is 10.9 Å². The lowest BCUT2D eigenvalue weighted by atomic mass is 10.1. The standard InChI is InChI=1S/C18H11BrClNO3/c19-12-7-5-11(6-8-12)16(22)10-24-18(23)14-9-17(20)21-15-4-2-1-3-13(14)15/h1-9H,10H2. The van der Waals surface area contributed by atoms with E-state index in [0.29, 0.717) is 16.5 Å². The number of carbonyl (C=O) groups excluding carboxylic acids is 2. The van der Waals surface area contributed by atoms with Crippen LogP contribution >= 0.6 is 27.5 Å². The molecule has 24 heavy (non-hydrogen) atoms. The van der Waals surface area contributed by atoms with Gasteiger partial charge in [-0.15, -0.1) is 0 Å². The summed E-state index contributed by atoms with van der Waals surface area (Å²) >= 11 is 9.25. The molecule has 3 rings (SSSR count). The van der Waals surface area contributed by atoms with Crippen molar-refractivity contribution in [2.24, 2.45) is 0 Å². The van der Waals surface area contributed by atoms with Gasteiger partial charge < -0.3 is 4.74 Å². The van der Waals surface area contributed by atoms with Crippen molar-refractivity contribution >= 4 is 50.2 Å². The Morgan fingerprint density at radius 1 is 1.08 bits per heavy atom. The Hall–Kier alpha value is -2.24. The van der Waals surface area contributed by atoms with E-state index >= 15 is 0 Å². The maximum Gasteiger partial charge on any atom is 0.339 e. The highest BCUT2D eigenvalue weighted by Crippen LogP contribution is 2.21. The summed E-state index contributed by atoms with van der Waals surface area (Å²) in [7, 11) is 0. The van der Waals surface area contributed by atoms with E-state index in [0.717, 1.165) is 4.47 Å². The largest absolute Gasteiger partial charge is 0.454 e. The zero-order valence-electron chi connectivity index (χ0n) is 12.3. The molecule has 0 aliphatic rings. The third-order valence-electron chi connectivity index (χ3n) is 3.41. The molecule has 3 aromatic rings. The fourth-order valence-electron chi connectivity index (χ4n) is 2.24. The number of fused-ring (bicyclic) bond motifs is 1. The van der Waals surface area contributed by atoms with Crippen molar-refractivity contribution in [3.63, 3.8) is 0 Å². The zero-order chi connectivity index (χ0) is 17.1. The van der Waals surface area contributed by atoms with Gasteiger partial charge in [0, 0.05) is 15.4 Å². The van der Waals surface area contributed by atoms with Crippen molar-refractivity contribution in [2.45, 2.75) is 0 Å². The van der Waals surface area contributed by atoms with E-state index in [1.54, 1.807) is 48.5 Å². The van der Waals surface area contributed by atoms with Crippen molar-refractivity contribution in [2.75, 3.05) is 6.61 Å². The number of ether oxygens (including phenoxy) is 1. The molecule has 0 unspecified atom stereocenters. The zero-order valence-corrected chi connectivity index (χ0v) is 14.7. The van der Waals surface area contributed by atoms with Crippen LogP contribution in [0.4, 0.5) is 0 Å². The Morgan fingerprint density at radius 2 is 1.79 bits per heavy atom. The highest BCUT2D eigenvalue weighted by atomic mass is 79.9. The number of esters is 1. The monoisotopic (exact) mass is 403 g/mol. The molecule has 1 aromatic heterocycles. The van der Waals surface area contributed by atoms with Crippen LogP contribution in [0.5, 0.6) is 0 Å². The minimum absolute atomic E-state index is 0.194. The molecule has 4 nitrogen and oxygen atoms in total. The van der Waals surface area contributed by atoms with Crippen LogP contribution in [0, 0.1) is 0 Å². The Kier molecular flexibility index (Phi) is 4.92. The Labute approximate surface area is 151 Å². The first-order valence-electron chi connectivity index (χ1n) is 7.06. The average Bonchev–Trinajstić information content (AvgIpc) is 2.59. The predicted molar refractivity (Wildman–Crippen MR) is 95.5 cm³/mol. The molecule has 0 N–H and O–H groups in total. The average molecular weight is 405 g/mol. The van der Waals surface area contributed by atoms with E-state index in [1.807, 2.05) is 0 Å². The molecular weight excluding hydrogens is 394 g/mol. The molecule has 0 spiro atoms. The van der Waals surface area contributed by atoms with E-state index in [4.69, 9.17) is 16.3 Å². The molecule has 0 saturated heterocycles. The number of nitrogens with zero attached hydrogens (tertiary/aromatic N) is 1. The van der Waals surface area contributed by atoms with Crippen molar-refractivity contribution < 1.29 is 14.3 Å². The fraction of sp³-hybridized carbons (Fsp3) is 0.0556. The first kappa shape index (κ1) is 16.6. The number of rotatable bonds is 4. The first-order chi connectivity index (χ1) is 11.5. The minimum atomic E-state index is -0.610. The molecular formula is C18H11BrClNO3. The molecule has 0 bridgehead atoms. The van der Waals surface area contributed by atoms with Crippen LogP contribution in [0.2, 0.25) is 5.15 Å². The summed E-state index contributed by atoms with van der Waals surface area (Å²) in [4.78, 5) is 28.6. The van der Waals surface area contributed by atoms with Crippen molar-refractivity contribution in [3.8, 4) is 0 Å². The summed E-state index contributed by atoms with van der Waals surface area (Å²) in [6.07, 6.45) is 0. The van der Waals surface area contributed by atoms with Crippen LogP contribution < -0.4 is 0 Å². The SMILES string of the molecule is O=C(COC(=O)c1cc(Cl)nc2ccccc12)c1ccc(Br)cc1. The minimum Gasteiger partial charge on any atom is -0.454 e. The number of Topliss-reactive ketones (excluding diaryl/α,β-unsaturated/α-hetero) is 1. The Bertz CT molecular complexity index is 925. The summed E-state index contributed by atoms with van der Waals surface area (Å²) < 4.78 is 6.02. The van der Waals surface area contributed by atoms with Gasteiger partial charge in [0.2, 0.25) is 0 Å². The predicted octanol–water partition coefficient (Wildman–Crippen LogP) is 4.69. The third-order valence-corrected chi connectivity index (χ3v) is 4.13.